The highest BCUT2D eigenvalue weighted by molar-refractivity contribution is 5.26. The number of hydrogen-bond donors (Lipinski definition) is 1. The molecule has 21 heavy (non-hydrogen) atoms. The molecule has 1 N–H and O–H groups in total. The van der Waals surface area contributed by atoms with Gasteiger partial charge in [0.05, 0.1) is 0 Å². The number of nitrogens with one attached hydrogen (secondary N) is 1. The number of halogens is 2. The zero-order chi connectivity index (χ0) is 14.7. The van der Waals surface area contributed by atoms with Crippen molar-refractivity contribution in [3.8, 4) is 0 Å². The van der Waals surface area contributed by atoms with E-state index in [1.165, 1.54) is 11.6 Å². The van der Waals surface area contributed by atoms with E-state index in [1.54, 1.807) is 12.1 Å². The van der Waals surface area contributed by atoms with Gasteiger partial charge in [0, 0.05) is 0 Å². The highest BCUT2D eigenvalue weighted by Gasteiger charge is 2.29. The Hall–Kier alpha value is -1.74. The fourth-order valence-electron chi connectivity index (χ4n) is 3.27. The molecule has 2 unspecified atom stereocenters. The van der Waals surface area contributed by atoms with E-state index >= 15 is 0 Å². The molecule has 3 heteroatoms. The first kappa shape index (κ1) is 14.2. The maximum Gasteiger partial charge on any atom is 0.162 e. The fourth-order valence-corrected chi connectivity index (χ4v) is 3.27. The lowest BCUT2D eigenvalue weighted by Crippen LogP contribution is -2.37. The van der Waals surface area contributed by atoms with E-state index < -0.39 is 11.6 Å². The van der Waals surface area contributed by atoms with Gasteiger partial charge in [-0.25, -0.2) is 8.78 Å². The van der Waals surface area contributed by atoms with Gasteiger partial charge in [0.2, 0.25) is 0 Å². The quantitative estimate of drug-likeness (QED) is 0.902. The average Bonchev–Trinajstić information content (AvgIpc) is 2.52. The van der Waals surface area contributed by atoms with Crippen LogP contribution in [0.5, 0.6) is 0 Å². The molecule has 0 saturated carbocycles. The van der Waals surface area contributed by atoms with E-state index in [4.69, 9.17) is 0 Å². The van der Waals surface area contributed by atoms with E-state index in [1.807, 2.05) is 18.2 Å². The van der Waals surface area contributed by atoms with Gasteiger partial charge in [-0.2, -0.15) is 0 Å². The van der Waals surface area contributed by atoms with Gasteiger partial charge in [0.15, 0.2) is 11.6 Å². The Balaban J connectivity index is 1.86. The first-order valence-corrected chi connectivity index (χ1v) is 7.44. The van der Waals surface area contributed by atoms with E-state index in [9.17, 15) is 8.78 Å². The minimum atomic E-state index is -0.746. The number of piperidine rings is 1. The molecule has 1 fully saturated rings. The molecule has 1 heterocycles. The molecule has 0 aliphatic carbocycles. The molecular formula is C18H19F2N. The van der Waals surface area contributed by atoms with Gasteiger partial charge in [-0.15, -0.1) is 0 Å². The Labute approximate surface area is 124 Å². The Bertz CT molecular complexity index is 597. The van der Waals surface area contributed by atoms with Crippen LogP contribution in [-0.2, 0) is 6.42 Å². The lowest BCUT2D eigenvalue weighted by Gasteiger charge is -2.33. The molecule has 3 rings (SSSR count). The molecule has 1 aliphatic heterocycles. The molecule has 0 aromatic heterocycles. The lowest BCUT2D eigenvalue weighted by molar-refractivity contribution is 0.314. The predicted molar refractivity (Wildman–Crippen MR) is 80.2 cm³/mol. The molecule has 0 amide bonds. The molecule has 0 bridgehead atoms. The van der Waals surface area contributed by atoms with Crippen molar-refractivity contribution in [3.05, 3.63) is 71.3 Å². The summed E-state index contributed by atoms with van der Waals surface area (Å²) in [4.78, 5) is 0. The third-order valence-electron chi connectivity index (χ3n) is 4.33. The summed E-state index contributed by atoms with van der Waals surface area (Å²) in [6.45, 7) is 1.70. The summed E-state index contributed by atoms with van der Waals surface area (Å²) in [5.41, 5.74) is 1.77. The van der Waals surface area contributed by atoms with E-state index in [-0.39, 0.29) is 11.8 Å². The van der Waals surface area contributed by atoms with Crippen molar-refractivity contribution in [2.45, 2.75) is 18.8 Å². The van der Waals surface area contributed by atoms with Gasteiger partial charge in [-0.3, -0.25) is 0 Å². The Morgan fingerprint density at radius 3 is 2.62 bits per heavy atom. The summed E-state index contributed by atoms with van der Waals surface area (Å²) in [6, 6.07) is 14.7. The van der Waals surface area contributed by atoms with Crippen LogP contribution in [-0.4, -0.2) is 13.1 Å². The first-order valence-electron chi connectivity index (χ1n) is 7.44. The minimum absolute atomic E-state index is 0.0714. The van der Waals surface area contributed by atoms with Gasteiger partial charge in [-0.1, -0.05) is 42.5 Å². The van der Waals surface area contributed by atoms with Crippen LogP contribution in [0.2, 0.25) is 0 Å². The summed E-state index contributed by atoms with van der Waals surface area (Å²) in [6.07, 6.45) is 1.73. The first-order chi connectivity index (χ1) is 10.3. The van der Waals surface area contributed by atoms with Crippen molar-refractivity contribution >= 4 is 0 Å². The Morgan fingerprint density at radius 2 is 1.81 bits per heavy atom. The van der Waals surface area contributed by atoms with Crippen molar-refractivity contribution in [2.24, 2.45) is 5.92 Å². The van der Waals surface area contributed by atoms with E-state index in [2.05, 4.69) is 17.4 Å². The fraction of sp³-hybridized carbons (Fsp3) is 0.333. The third-order valence-corrected chi connectivity index (χ3v) is 4.33. The van der Waals surface area contributed by atoms with Gasteiger partial charge in [0.25, 0.3) is 0 Å². The maximum absolute atomic E-state index is 14.1. The van der Waals surface area contributed by atoms with E-state index in [0.717, 1.165) is 25.9 Å². The van der Waals surface area contributed by atoms with Gasteiger partial charge in [0.1, 0.15) is 0 Å². The van der Waals surface area contributed by atoms with Crippen LogP contribution >= 0.6 is 0 Å². The van der Waals surface area contributed by atoms with Crippen molar-refractivity contribution in [2.75, 3.05) is 13.1 Å². The highest BCUT2D eigenvalue weighted by Crippen LogP contribution is 2.34. The average molecular weight is 287 g/mol. The van der Waals surface area contributed by atoms with Crippen LogP contribution in [0.4, 0.5) is 8.78 Å². The predicted octanol–water partition coefficient (Wildman–Crippen LogP) is 3.90. The Kier molecular flexibility index (Phi) is 4.30. The smallest absolute Gasteiger partial charge is 0.162 e. The minimum Gasteiger partial charge on any atom is -0.316 e. The van der Waals surface area contributed by atoms with Crippen molar-refractivity contribution < 1.29 is 8.78 Å². The topological polar surface area (TPSA) is 12.0 Å². The van der Waals surface area contributed by atoms with Crippen LogP contribution < -0.4 is 5.32 Å². The summed E-state index contributed by atoms with van der Waals surface area (Å²) in [5, 5.41) is 3.37. The molecule has 110 valence electrons. The number of rotatable bonds is 3. The number of benzene rings is 2. The van der Waals surface area contributed by atoms with E-state index in [0.29, 0.717) is 5.56 Å². The summed E-state index contributed by atoms with van der Waals surface area (Å²) in [7, 11) is 0. The van der Waals surface area contributed by atoms with Crippen LogP contribution in [0, 0.1) is 17.6 Å². The molecule has 2 aromatic carbocycles. The van der Waals surface area contributed by atoms with Gasteiger partial charge < -0.3 is 5.32 Å². The molecule has 1 saturated heterocycles. The monoisotopic (exact) mass is 287 g/mol. The zero-order valence-corrected chi connectivity index (χ0v) is 11.9. The summed E-state index contributed by atoms with van der Waals surface area (Å²) in [5.74, 6) is -1.06. The zero-order valence-electron chi connectivity index (χ0n) is 11.9. The summed E-state index contributed by atoms with van der Waals surface area (Å²) >= 11 is 0. The lowest BCUT2D eigenvalue weighted by atomic mass is 9.78. The van der Waals surface area contributed by atoms with Crippen LogP contribution in [0.15, 0.2) is 48.5 Å². The maximum atomic E-state index is 14.1. The SMILES string of the molecule is Fc1cccc(C2CCNCC2Cc2ccccc2)c1F. The highest BCUT2D eigenvalue weighted by atomic mass is 19.2. The van der Waals surface area contributed by atoms with Crippen molar-refractivity contribution in [1.29, 1.82) is 0 Å². The molecule has 2 atom stereocenters. The second kappa shape index (κ2) is 6.35. The normalized spacial score (nSPS) is 22.2. The molecule has 1 nitrogen and oxygen atoms in total. The van der Waals surface area contributed by atoms with Crippen LogP contribution in [0.1, 0.15) is 23.5 Å². The van der Waals surface area contributed by atoms with Crippen molar-refractivity contribution in [1.82, 2.24) is 5.32 Å². The Morgan fingerprint density at radius 1 is 1.00 bits per heavy atom. The molecule has 0 spiro atoms. The molecule has 2 aromatic rings. The van der Waals surface area contributed by atoms with Crippen LogP contribution in [0.3, 0.4) is 0 Å². The third kappa shape index (κ3) is 3.13. The van der Waals surface area contributed by atoms with Gasteiger partial charge in [-0.05, 0) is 55.0 Å². The molecular weight excluding hydrogens is 268 g/mol. The second-order valence-electron chi connectivity index (χ2n) is 5.69. The molecule has 0 radical (unpaired) electrons. The molecule has 1 aliphatic rings. The van der Waals surface area contributed by atoms with Crippen molar-refractivity contribution in [3.63, 3.8) is 0 Å². The van der Waals surface area contributed by atoms with Crippen LogP contribution in [0.25, 0.3) is 0 Å². The standard InChI is InChI=1S/C18H19F2N/c19-17-8-4-7-16(18(17)20)15-9-10-21-12-14(15)11-13-5-2-1-3-6-13/h1-8,14-15,21H,9-12H2. The number of hydrogen-bond acceptors (Lipinski definition) is 1. The van der Waals surface area contributed by atoms with Gasteiger partial charge >= 0.3 is 0 Å². The second-order valence-corrected chi connectivity index (χ2v) is 5.69. The summed E-state index contributed by atoms with van der Waals surface area (Å²) < 4.78 is 27.6. The largest absolute Gasteiger partial charge is 0.316 e.